The Bertz CT molecular complexity index is 1190. The summed E-state index contributed by atoms with van der Waals surface area (Å²) in [6, 6.07) is 18.3. The van der Waals surface area contributed by atoms with Crippen molar-refractivity contribution in [3.8, 4) is 17.0 Å². The van der Waals surface area contributed by atoms with Crippen molar-refractivity contribution in [3.63, 3.8) is 0 Å². The minimum atomic E-state index is -0.559. The van der Waals surface area contributed by atoms with E-state index in [1.165, 1.54) is 0 Å². The van der Waals surface area contributed by atoms with Crippen LogP contribution >= 0.6 is 23.2 Å². The van der Waals surface area contributed by atoms with E-state index >= 15 is 0 Å². The molecule has 0 saturated carbocycles. The normalized spacial score (nSPS) is 10.8. The fraction of sp³-hybridized carbons (Fsp3) is 0.0476. The Hall–Kier alpha value is -3.22. The van der Waals surface area contributed by atoms with Crippen LogP contribution in [-0.2, 0) is 4.79 Å². The Balaban J connectivity index is 1.88. The molecule has 0 aliphatic heterocycles. The van der Waals surface area contributed by atoms with Crippen LogP contribution in [0.4, 0.5) is 11.5 Å². The number of amides is 1. The van der Waals surface area contributed by atoms with Gasteiger partial charge in [-0.2, -0.15) is 0 Å². The molecule has 0 spiro atoms. The number of halogens is 2. The summed E-state index contributed by atoms with van der Waals surface area (Å²) >= 11 is 12.7. The minimum absolute atomic E-state index is 0.233. The predicted octanol–water partition coefficient (Wildman–Crippen LogP) is 4.92. The smallest absolute Gasteiger partial charge is 0.255 e. The molecule has 6 nitrogen and oxygen atoms in total. The van der Waals surface area contributed by atoms with Crippen molar-refractivity contribution in [2.75, 3.05) is 11.9 Å². The summed E-state index contributed by atoms with van der Waals surface area (Å²) in [6.07, 6.45) is 1.88. The summed E-state index contributed by atoms with van der Waals surface area (Å²) in [5, 5.41) is 4.27. The highest BCUT2D eigenvalue weighted by atomic mass is 35.5. The van der Waals surface area contributed by atoms with Gasteiger partial charge in [-0.3, -0.25) is 9.20 Å². The van der Waals surface area contributed by atoms with Crippen molar-refractivity contribution in [2.45, 2.75) is 0 Å². The highest BCUT2D eigenvalue weighted by molar-refractivity contribution is 6.39. The van der Waals surface area contributed by atoms with Crippen LogP contribution in [0.2, 0.25) is 10.0 Å². The number of imidazole rings is 1. The first-order valence-corrected chi connectivity index (χ1v) is 9.49. The molecule has 0 aliphatic carbocycles. The Morgan fingerprint density at radius 2 is 1.76 bits per heavy atom. The number of ether oxygens (including phenoxy) is 1. The predicted molar refractivity (Wildman–Crippen MR) is 115 cm³/mol. The second kappa shape index (κ2) is 8.03. The molecule has 146 valence electrons. The third kappa shape index (κ3) is 3.85. The quantitative estimate of drug-likeness (QED) is 0.458. The first-order valence-electron chi connectivity index (χ1n) is 8.73. The van der Waals surface area contributed by atoms with Crippen LogP contribution in [0.25, 0.3) is 16.9 Å². The number of rotatable bonds is 6. The number of nitrogens with one attached hydrogen (secondary N) is 1. The molecule has 0 bridgehead atoms. The summed E-state index contributed by atoms with van der Waals surface area (Å²) in [6.45, 7) is -0.233. The molecular weight excluding hydrogens is 411 g/mol. The molecule has 0 atom stereocenters. The van der Waals surface area contributed by atoms with Crippen molar-refractivity contribution < 1.29 is 9.53 Å². The molecule has 0 aliphatic rings. The average molecular weight is 427 g/mol. The zero-order chi connectivity index (χ0) is 20.4. The first-order chi connectivity index (χ1) is 14.0. The molecule has 0 unspecified atom stereocenters. The van der Waals surface area contributed by atoms with Crippen molar-refractivity contribution in [3.05, 3.63) is 76.9 Å². The monoisotopic (exact) mass is 426 g/mol. The van der Waals surface area contributed by atoms with Gasteiger partial charge >= 0.3 is 0 Å². The van der Waals surface area contributed by atoms with E-state index < -0.39 is 5.91 Å². The lowest BCUT2D eigenvalue weighted by Crippen LogP contribution is -2.20. The number of benzene rings is 2. The van der Waals surface area contributed by atoms with Gasteiger partial charge in [-0.15, -0.1) is 0 Å². The van der Waals surface area contributed by atoms with Crippen LogP contribution < -0.4 is 15.8 Å². The van der Waals surface area contributed by atoms with E-state index in [1.807, 2.05) is 47.0 Å². The van der Waals surface area contributed by atoms with Crippen LogP contribution in [-0.4, -0.2) is 21.9 Å². The molecule has 29 heavy (non-hydrogen) atoms. The molecule has 4 rings (SSSR count). The van der Waals surface area contributed by atoms with Gasteiger partial charge in [0, 0.05) is 11.8 Å². The van der Waals surface area contributed by atoms with E-state index in [4.69, 9.17) is 38.7 Å². The average Bonchev–Trinajstić information content (AvgIpc) is 3.08. The Labute approximate surface area is 176 Å². The summed E-state index contributed by atoms with van der Waals surface area (Å²) < 4.78 is 7.49. The van der Waals surface area contributed by atoms with Crippen LogP contribution in [0, 0.1) is 0 Å². The van der Waals surface area contributed by atoms with Gasteiger partial charge in [-0.25, -0.2) is 4.98 Å². The van der Waals surface area contributed by atoms with Crippen LogP contribution in [0.1, 0.15) is 0 Å². The van der Waals surface area contributed by atoms with E-state index in [1.54, 1.807) is 24.3 Å². The maximum atomic E-state index is 11.2. The van der Waals surface area contributed by atoms with Gasteiger partial charge in [0.2, 0.25) is 0 Å². The summed E-state index contributed by atoms with van der Waals surface area (Å²) in [7, 11) is 0. The number of hydrogen-bond donors (Lipinski definition) is 2. The first kappa shape index (κ1) is 19.1. The molecular formula is C21H16Cl2N4O2. The maximum Gasteiger partial charge on any atom is 0.255 e. The second-order valence-corrected chi connectivity index (χ2v) is 7.03. The highest BCUT2D eigenvalue weighted by Gasteiger charge is 2.19. The number of hydrogen-bond acceptors (Lipinski definition) is 4. The lowest BCUT2D eigenvalue weighted by molar-refractivity contribution is -0.119. The number of primary amides is 1. The SMILES string of the molecule is NC(=O)COc1ccccc1-c1nc2ccccn2c1Nc1c(Cl)cccc1Cl. The Kier molecular flexibility index (Phi) is 5.29. The lowest BCUT2D eigenvalue weighted by atomic mass is 10.1. The zero-order valence-electron chi connectivity index (χ0n) is 15.1. The number of nitrogens with zero attached hydrogens (tertiary/aromatic N) is 2. The van der Waals surface area contributed by atoms with Gasteiger partial charge in [-0.1, -0.05) is 47.5 Å². The van der Waals surface area contributed by atoms with E-state index in [9.17, 15) is 4.79 Å². The number of aromatic nitrogens is 2. The van der Waals surface area contributed by atoms with E-state index in [0.29, 0.717) is 38.6 Å². The van der Waals surface area contributed by atoms with Crippen LogP contribution in [0.15, 0.2) is 66.9 Å². The number of nitrogens with two attached hydrogens (primary N) is 1. The molecule has 1 amide bonds. The molecule has 0 radical (unpaired) electrons. The standard InChI is InChI=1S/C21H16Cl2N4O2/c22-14-7-5-8-15(23)20(14)26-21-19(25-18-10-3-4-11-27(18)21)13-6-1-2-9-16(13)29-12-17(24)28/h1-11,26H,12H2,(H2,24,28). The van der Waals surface area contributed by atoms with Gasteiger partial charge in [0.1, 0.15) is 22.9 Å². The molecule has 0 fully saturated rings. The van der Waals surface area contributed by atoms with Gasteiger partial charge in [0.05, 0.1) is 15.7 Å². The van der Waals surface area contributed by atoms with E-state index in [2.05, 4.69) is 5.32 Å². The van der Waals surface area contributed by atoms with Crippen LogP contribution in [0.3, 0.4) is 0 Å². The Morgan fingerprint density at radius 3 is 2.52 bits per heavy atom. The number of para-hydroxylation sites is 2. The summed E-state index contributed by atoms with van der Waals surface area (Å²) in [4.78, 5) is 15.9. The number of carbonyl (C=O) groups excluding carboxylic acids is 1. The molecule has 2 heterocycles. The summed E-state index contributed by atoms with van der Waals surface area (Å²) in [5.41, 5.74) is 7.83. The van der Waals surface area contributed by atoms with Crippen molar-refractivity contribution in [1.29, 1.82) is 0 Å². The molecule has 2 aromatic carbocycles. The van der Waals surface area contributed by atoms with Crippen molar-refractivity contribution in [2.24, 2.45) is 5.73 Å². The molecule has 8 heteroatoms. The zero-order valence-corrected chi connectivity index (χ0v) is 16.6. The number of carbonyl (C=O) groups is 1. The molecule has 3 N–H and O–H groups in total. The number of fused-ring (bicyclic) bond motifs is 1. The molecule has 2 aromatic heterocycles. The van der Waals surface area contributed by atoms with Crippen LogP contribution in [0.5, 0.6) is 5.75 Å². The fourth-order valence-corrected chi connectivity index (χ4v) is 3.47. The summed E-state index contributed by atoms with van der Waals surface area (Å²) in [5.74, 6) is 0.588. The third-order valence-corrected chi connectivity index (χ3v) is 4.88. The number of anilines is 2. The molecule has 4 aromatic rings. The van der Waals surface area contributed by atoms with Gasteiger partial charge in [-0.05, 0) is 36.4 Å². The Morgan fingerprint density at radius 1 is 1.03 bits per heavy atom. The largest absolute Gasteiger partial charge is 0.483 e. The van der Waals surface area contributed by atoms with Gasteiger partial charge in [0.25, 0.3) is 5.91 Å². The minimum Gasteiger partial charge on any atom is -0.483 e. The van der Waals surface area contributed by atoms with E-state index in [0.717, 1.165) is 5.65 Å². The van der Waals surface area contributed by atoms with E-state index in [-0.39, 0.29) is 6.61 Å². The van der Waals surface area contributed by atoms with Crippen molar-refractivity contribution >= 4 is 46.3 Å². The third-order valence-electron chi connectivity index (χ3n) is 4.25. The maximum absolute atomic E-state index is 11.2. The molecule has 0 saturated heterocycles. The number of pyridine rings is 1. The van der Waals surface area contributed by atoms with Crippen molar-refractivity contribution in [1.82, 2.24) is 9.38 Å². The highest BCUT2D eigenvalue weighted by Crippen LogP contribution is 2.39. The lowest BCUT2D eigenvalue weighted by Gasteiger charge is -2.14. The van der Waals surface area contributed by atoms with Gasteiger partial charge < -0.3 is 15.8 Å². The fourth-order valence-electron chi connectivity index (χ4n) is 2.98. The topological polar surface area (TPSA) is 81.7 Å². The van der Waals surface area contributed by atoms with Gasteiger partial charge in [0.15, 0.2) is 6.61 Å². The second-order valence-electron chi connectivity index (χ2n) is 6.21.